The standard InChI is InChI=1S/C12H15BrN2O3/c1-17-12(2-3-18-8-12)7-15-11(16)9-4-10(13)6-14-5-9/h4-6H,2-3,7-8H2,1H3,(H,15,16). The molecule has 1 unspecified atom stereocenters. The van der Waals surface area contributed by atoms with E-state index in [1.165, 1.54) is 6.20 Å². The first-order valence-corrected chi connectivity index (χ1v) is 6.46. The lowest BCUT2D eigenvalue weighted by Gasteiger charge is -2.25. The van der Waals surface area contributed by atoms with E-state index in [1.807, 2.05) is 0 Å². The third-order valence-corrected chi connectivity index (χ3v) is 3.47. The van der Waals surface area contributed by atoms with Crippen molar-refractivity contribution in [3.63, 3.8) is 0 Å². The molecular weight excluding hydrogens is 300 g/mol. The Morgan fingerprint density at radius 1 is 1.67 bits per heavy atom. The average Bonchev–Trinajstić information content (AvgIpc) is 2.85. The number of methoxy groups -OCH3 is 1. The molecule has 6 heteroatoms. The molecule has 1 aliphatic rings. The number of rotatable bonds is 4. The van der Waals surface area contributed by atoms with Gasteiger partial charge in [0.1, 0.15) is 5.60 Å². The SMILES string of the molecule is COC1(CNC(=O)c2cncc(Br)c2)CCOC1. The first-order valence-electron chi connectivity index (χ1n) is 5.67. The van der Waals surface area contributed by atoms with Gasteiger partial charge in [0, 0.05) is 43.5 Å². The van der Waals surface area contributed by atoms with Gasteiger partial charge in [-0.05, 0) is 22.0 Å². The highest BCUT2D eigenvalue weighted by atomic mass is 79.9. The Morgan fingerprint density at radius 3 is 3.11 bits per heavy atom. The van der Waals surface area contributed by atoms with E-state index in [0.717, 1.165) is 10.9 Å². The molecule has 1 aromatic heterocycles. The molecule has 2 rings (SSSR count). The minimum Gasteiger partial charge on any atom is -0.378 e. The van der Waals surface area contributed by atoms with E-state index in [1.54, 1.807) is 19.4 Å². The highest BCUT2D eigenvalue weighted by Crippen LogP contribution is 2.21. The fourth-order valence-corrected chi connectivity index (χ4v) is 2.21. The van der Waals surface area contributed by atoms with Gasteiger partial charge in [0.2, 0.25) is 0 Å². The molecule has 1 aliphatic heterocycles. The number of amides is 1. The van der Waals surface area contributed by atoms with E-state index in [-0.39, 0.29) is 5.91 Å². The van der Waals surface area contributed by atoms with Gasteiger partial charge < -0.3 is 14.8 Å². The van der Waals surface area contributed by atoms with E-state index >= 15 is 0 Å². The van der Waals surface area contributed by atoms with Crippen molar-refractivity contribution in [3.8, 4) is 0 Å². The fourth-order valence-electron chi connectivity index (χ4n) is 1.84. The minimum absolute atomic E-state index is 0.160. The predicted molar refractivity (Wildman–Crippen MR) is 69.4 cm³/mol. The summed E-state index contributed by atoms with van der Waals surface area (Å²) in [4.78, 5) is 15.9. The van der Waals surface area contributed by atoms with Gasteiger partial charge in [-0.1, -0.05) is 0 Å². The number of ether oxygens (including phenoxy) is 2. The molecule has 1 fully saturated rings. The van der Waals surface area contributed by atoms with Gasteiger partial charge in [0.25, 0.3) is 5.91 Å². The molecule has 0 spiro atoms. The van der Waals surface area contributed by atoms with Crippen molar-refractivity contribution in [1.29, 1.82) is 0 Å². The molecule has 5 nitrogen and oxygen atoms in total. The van der Waals surface area contributed by atoms with Gasteiger partial charge in [0.05, 0.1) is 12.2 Å². The lowest BCUT2D eigenvalue weighted by atomic mass is 10.0. The molecule has 1 aromatic rings. The number of hydrogen-bond acceptors (Lipinski definition) is 4. The van der Waals surface area contributed by atoms with Crippen molar-refractivity contribution in [1.82, 2.24) is 10.3 Å². The van der Waals surface area contributed by atoms with Crippen molar-refractivity contribution in [3.05, 3.63) is 28.5 Å². The fraction of sp³-hybridized carbons (Fsp3) is 0.500. The molecule has 0 aromatic carbocycles. The van der Waals surface area contributed by atoms with Gasteiger partial charge in [-0.3, -0.25) is 9.78 Å². The number of pyridine rings is 1. The first-order chi connectivity index (χ1) is 8.65. The number of hydrogen-bond donors (Lipinski definition) is 1. The number of nitrogens with one attached hydrogen (secondary N) is 1. The van der Waals surface area contributed by atoms with Gasteiger partial charge in [0.15, 0.2) is 0 Å². The van der Waals surface area contributed by atoms with E-state index < -0.39 is 5.60 Å². The number of halogens is 1. The molecule has 1 N–H and O–H groups in total. The maximum atomic E-state index is 11.9. The summed E-state index contributed by atoms with van der Waals surface area (Å²) in [5.74, 6) is -0.160. The van der Waals surface area contributed by atoms with Crippen LogP contribution in [0.3, 0.4) is 0 Å². The quantitative estimate of drug-likeness (QED) is 0.912. The summed E-state index contributed by atoms with van der Waals surface area (Å²) in [5.41, 5.74) is 0.129. The second-order valence-corrected chi connectivity index (χ2v) is 5.18. The Kier molecular flexibility index (Phi) is 4.31. The Bertz CT molecular complexity index is 433. The van der Waals surface area contributed by atoms with Crippen LogP contribution in [0, 0.1) is 0 Å². The van der Waals surface area contributed by atoms with Crippen LogP contribution in [0.25, 0.3) is 0 Å². The molecule has 1 atom stereocenters. The monoisotopic (exact) mass is 314 g/mol. The summed E-state index contributed by atoms with van der Waals surface area (Å²) >= 11 is 3.28. The van der Waals surface area contributed by atoms with Crippen molar-refractivity contribution < 1.29 is 14.3 Å². The van der Waals surface area contributed by atoms with Crippen LogP contribution >= 0.6 is 15.9 Å². The number of aromatic nitrogens is 1. The molecule has 1 amide bonds. The lowest BCUT2D eigenvalue weighted by molar-refractivity contribution is -0.0148. The Hall–Kier alpha value is -0.980. The van der Waals surface area contributed by atoms with Crippen LogP contribution in [0.5, 0.6) is 0 Å². The van der Waals surface area contributed by atoms with Crippen molar-refractivity contribution in [2.75, 3.05) is 26.9 Å². The van der Waals surface area contributed by atoms with Crippen LogP contribution in [-0.4, -0.2) is 43.4 Å². The van der Waals surface area contributed by atoms with Gasteiger partial charge >= 0.3 is 0 Å². The summed E-state index contributed by atoms with van der Waals surface area (Å²) in [7, 11) is 1.64. The van der Waals surface area contributed by atoms with E-state index in [2.05, 4.69) is 26.2 Å². The average molecular weight is 315 g/mol. The summed E-state index contributed by atoms with van der Waals surface area (Å²) in [6.45, 7) is 1.62. The van der Waals surface area contributed by atoms with E-state index in [0.29, 0.717) is 25.3 Å². The van der Waals surface area contributed by atoms with E-state index in [4.69, 9.17) is 9.47 Å². The summed E-state index contributed by atoms with van der Waals surface area (Å²) in [6, 6.07) is 1.73. The topological polar surface area (TPSA) is 60.5 Å². The molecule has 0 bridgehead atoms. The number of carbonyl (C=O) groups excluding carboxylic acids is 1. The second-order valence-electron chi connectivity index (χ2n) is 4.26. The third-order valence-electron chi connectivity index (χ3n) is 3.04. The Balaban J connectivity index is 1.96. The second kappa shape index (κ2) is 5.77. The molecule has 1 saturated heterocycles. The van der Waals surface area contributed by atoms with Crippen molar-refractivity contribution in [2.45, 2.75) is 12.0 Å². The summed E-state index contributed by atoms with van der Waals surface area (Å²) in [6.07, 6.45) is 3.96. The van der Waals surface area contributed by atoms with Crippen molar-refractivity contribution in [2.24, 2.45) is 0 Å². The highest BCUT2D eigenvalue weighted by molar-refractivity contribution is 9.10. The maximum Gasteiger partial charge on any atom is 0.252 e. The maximum absolute atomic E-state index is 11.9. The molecule has 0 aliphatic carbocycles. The zero-order valence-electron chi connectivity index (χ0n) is 10.1. The van der Waals surface area contributed by atoms with Crippen LogP contribution < -0.4 is 5.32 Å². The van der Waals surface area contributed by atoms with Crippen molar-refractivity contribution >= 4 is 21.8 Å². The van der Waals surface area contributed by atoms with Crippen LogP contribution in [-0.2, 0) is 9.47 Å². The van der Waals surface area contributed by atoms with Gasteiger partial charge in [-0.25, -0.2) is 0 Å². The smallest absolute Gasteiger partial charge is 0.252 e. The third kappa shape index (κ3) is 3.07. The summed E-state index contributed by atoms with van der Waals surface area (Å²) < 4.78 is 11.5. The predicted octanol–water partition coefficient (Wildman–Crippen LogP) is 1.38. The van der Waals surface area contributed by atoms with Gasteiger partial charge in [-0.15, -0.1) is 0 Å². The zero-order chi connectivity index (χ0) is 13.0. The van der Waals surface area contributed by atoms with Crippen LogP contribution in [0.1, 0.15) is 16.8 Å². The summed E-state index contributed by atoms with van der Waals surface area (Å²) in [5, 5.41) is 2.86. The molecule has 18 heavy (non-hydrogen) atoms. The molecule has 0 radical (unpaired) electrons. The number of nitrogens with zero attached hydrogens (tertiary/aromatic N) is 1. The Morgan fingerprint density at radius 2 is 2.50 bits per heavy atom. The largest absolute Gasteiger partial charge is 0.378 e. The molecule has 2 heterocycles. The van der Waals surface area contributed by atoms with Crippen LogP contribution in [0.15, 0.2) is 22.9 Å². The first kappa shape index (κ1) is 13.5. The minimum atomic E-state index is -0.394. The molecule has 98 valence electrons. The Labute approximate surface area is 114 Å². The molecule has 0 saturated carbocycles. The zero-order valence-corrected chi connectivity index (χ0v) is 11.7. The normalized spacial score (nSPS) is 23.0. The lowest BCUT2D eigenvalue weighted by Crippen LogP contribution is -2.45. The highest BCUT2D eigenvalue weighted by Gasteiger charge is 2.35. The van der Waals surface area contributed by atoms with Crippen LogP contribution in [0.4, 0.5) is 0 Å². The number of carbonyl (C=O) groups is 1. The molecular formula is C12H15BrN2O3. The van der Waals surface area contributed by atoms with E-state index in [9.17, 15) is 4.79 Å². The van der Waals surface area contributed by atoms with Gasteiger partial charge in [-0.2, -0.15) is 0 Å². The van der Waals surface area contributed by atoms with Crippen LogP contribution in [0.2, 0.25) is 0 Å².